The van der Waals surface area contributed by atoms with Crippen molar-refractivity contribution in [3.63, 3.8) is 0 Å². The zero-order chi connectivity index (χ0) is 29.0. The number of hydrogen-bond acceptors (Lipinski definition) is 8. The fraction of sp³-hybridized carbons (Fsp3) is 0.148. The first kappa shape index (κ1) is 29.4. The summed E-state index contributed by atoms with van der Waals surface area (Å²) in [6.45, 7) is -0.0551. The van der Waals surface area contributed by atoms with Gasteiger partial charge in [0.2, 0.25) is 5.78 Å². The highest BCUT2D eigenvalue weighted by Gasteiger charge is 2.50. The van der Waals surface area contributed by atoms with Crippen LogP contribution in [0.2, 0.25) is 15.1 Å². The summed E-state index contributed by atoms with van der Waals surface area (Å²) in [7, 11) is 1.24. The molecular formula is C27H19Cl3N2O7S. The quantitative estimate of drug-likeness (QED) is 0.0876. The minimum Gasteiger partial charge on any atom is -0.487 e. The SMILES string of the molecule is COC(=O)C=CCOc1ccc(Cl)cc1N1C(=O)C(=O)C(Sc2ccc(Cl)cc2[N+](=O)[O-])C1c1ccc(Cl)cc1. The molecule has 206 valence electrons. The van der Waals surface area contributed by atoms with Crippen molar-refractivity contribution in [1.82, 2.24) is 0 Å². The van der Waals surface area contributed by atoms with Crippen LogP contribution in [0.1, 0.15) is 11.6 Å². The number of anilines is 1. The van der Waals surface area contributed by atoms with E-state index in [9.17, 15) is 24.5 Å². The number of methoxy groups -OCH3 is 1. The van der Waals surface area contributed by atoms with E-state index in [1.165, 1.54) is 54.5 Å². The fourth-order valence-electron chi connectivity index (χ4n) is 4.03. The van der Waals surface area contributed by atoms with Crippen LogP contribution in [0.5, 0.6) is 5.75 Å². The third kappa shape index (κ3) is 6.42. The van der Waals surface area contributed by atoms with Crippen molar-refractivity contribution in [2.45, 2.75) is 16.2 Å². The lowest BCUT2D eigenvalue weighted by Gasteiger charge is -2.29. The van der Waals surface area contributed by atoms with Crippen LogP contribution in [-0.2, 0) is 19.1 Å². The van der Waals surface area contributed by atoms with Crippen molar-refractivity contribution in [3.8, 4) is 5.75 Å². The average Bonchev–Trinajstić information content (AvgIpc) is 3.17. The number of carbonyl (C=O) groups excluding carboxylic acids is 3. The molecule has 0 aromatic heterocycles. The molecule has 13 heteroatoms. The average molecular weight is 622 g/mol. The molecule has 0 saturated carbocycles. The normalized spacial score (nSPS) is 16.9. The Morgan fingerprint density at radius 2 is 1.68 bits per heavy atom. The van der Waals surface area contributed by atoms with Crippen molar-refractivity contribution >= 4 is 75.6 Å². The van der Waals surface area contributed by atoms with Gasteiger partial charge in [0.15, 0.2) is 0 Å². The molecule has 9 nitrogen and oxygen atoms in total. The van der Waals surface area contributed by atoms with Crippen molar-refractivity contribution in [1.29, 1.82) is 0 Å². The molecule has 0 bridgehead atoms. The highest BCUT2D eigenvalue weighted by atomic mass is 35.5. The van der Waals surface area contributed by atoms with Gasteiger partial charge in [0, 0.05) is 27.2 Å². The molecule has 40 heavy (non-hydrogen) atoms. The van der Waals surface area contributed by atoms with Crippen LogP contribution in [0.4, 0.5) is 11.4 Å². The highest BCUT2D eigenvalue weighted by Crippen LogP contribution is 2.48. The molecule has 2 unspecified atom stereocenters. The fourth-order valence-corrected chi connectivity index (χ4v) is 5.78. The van der Waals surface area contributed by atoms with Gasteiger partial charge in [-0.05, 0) is 54.1 Å². The van der Waals surface area contributed by atoms with Gasteiger partial charge in [0.25, 0.3) is 11.6 Å². The van der Waals surface area contributed by atoms with Crippen molar-refractivity contribution in [3.05, 3.63) is 104 Å². The maximum atomic E-state index is 13.6. The smallest absolute Gasteiger partial charge is 0.330 e. The van der Waals surface area contributed by atoms with Crippen LogP contribution < -0.4 is 9.64 Å². The van der Waals surface area contributed by atoms with Gasteiger partial charge < -0.3 is 9.47 Å². The van der Waals surface area contributed by atoms with E-state index >= 15 is 0 Å². The van der Waals surface area contributed by atoms with E-state index in [2.05, 4.69) is 4.74 Å². The summed E-state index contributed by atoms with van der Waals surface area (Å²) in [5.41, 5.74) is 0.454. The number of hydrogen-bond donors (Lipinski definition) is 0. The summed E-state index contributed by atoms with van der Waals surface area (Å²) in [6.07, 6.45) is 2.61. The van der Waals surface area contributed by atoms with E-state index in [1.807, 2.05) is 0 Å². The minimum absolute atomic E-state index is 0.0551. The van der Waals surface area contributed by atoms with Crippen LogP contribution >= 0.6 is 46.6 Å². The molecule has 3 aromatic rings. The van der Waals surface area contributed by atoms with Gasteiger partial charge in [-0.1, -0.05) is 46.9 Å². The third-order valence-corrected chi connectivity index (χ3v) is 7.85. The number of Topliss-reactive ketones (excluding diaryl/α,β-unsaturated/α-hetero) is 1. The van der Waals surface area contributed by atoms with Crippen molar-refractivity contribution < 1.29 is 28.8 Å². The van der Waals surface area contributed by atoms with Crippen LogP contribution in [0.3, 0.4) is 0 Å². The van der Waals surface area contributed by atoms with Gasteiger partial charge in [-0.15, -0.1) is 11.8 Å². The first-order valence-corrected chi connectivity index (χ1v) is 13.5. The Kier molecular flexibility index (Phi) is 9.36. The van der Waals surface area contributed by atoms with E-state index in [4.69, 9.17) is 39.5 Å². The number of halogens is 3. The summed E-state index contributed by atoms with van der Waals surface area (Å²) in [5, 5.41) is 11.5. The lowest BCUT2D eigenvalue weighted by atomic mass is 10.0. The molecule has 1 aliphatic heterocycles. The third-order valence-electron chi connectivity index (χ3n) is 5.81. The molecule has 1 heterocycles. The van der Waals surface area contributed by atoms with Gasteiger partial charge in [-0.25, -0.2) is 4.79 Å². The molecule has 2 atom stereocenters. The number of nitro benzene ring substituents is 1. The number of ketones is 1. The first-order valence-electron chi connectivity index (χ1n) is 11.5. The molecule has 1 fully saturated rings. The topological polar surface area (TPSA) is 116 Å². The van der Waals surface area contributed by atoms with Gasteiger partial charge in [-0.3, -0.25) is 24.6 Å². The number of nitro groups is 1. The highest BCUT2D eigenvalue weighted by molar-refractivity contribution is 8.01. The summed E-state index contributed by atoms with van der Waals surface area (Å²) < 4.78 is 10.4. The number of esters is 1. The number of ether oxygens (including phenoxy) is 2. The van der Waals surface area contributed by atoms with E-state index in [0.717, 1.165) is 11.8 Å². The van der Waals surface area contributed by atoms with Crippen LogP contribution in [0, 0.1) is 10.1 Å². The predicted octanol–water partition coefficient (Wildman–Crippen LogP) is 6.48. The molecule has 0 radical (unpaired) electrons. The molecule has 0 aliphatic carbocycles. The van der Waals surface area contributed by atoms with Crippen molar-refractivity contribution in [2.75, 3.05) is 18.6 Å². The van der Waals surface area contributed by atoms with Gasteiger partial charge in [-0.2, -0.15) is 0 Å². The number of rotatable bonds is 9. The Labute approximate surface area is 247 Å². The Hall–Kier alpha value is -3.57. The van der Waals surface area contributed by atoms with E-state index in [-0.39, 0.29) is 38.7 Å². The summed E-state index contributed by atoms with van der Waals surface area (Å²) >= 11 is 19.2. The standard InChI is InChI=1S/C27H19Cl3N2O7S/c1-38-23(33)3-2-12-39-21-10-8-17(29)13-19(21)31-24(15-4-6-16(28)7-5-15)26(25(34)27(31)35)40-22-11-9-18(30)14-20(22)32(36)37/h2-11,13-14,24,26H,12H2,1H3. The summed E-state index contributed by atoms with van der Waals surface area (Å²) in [6, 6.07) is 14.3. The number of thioether (sulfide) groups is 1. The monoisotopic (exact) mass is 620 g/mol. The number of carbonyl (C=O) groups is 3. The Morgan fingerprint density at radius 1 is 1.02 bits per heavy atom. The maximum absolute atomic E-state index is 13.6. The number of nitrogens with zero attached hydrogens (tertiary/aromatic N) is 2. The minimum atomic E-state index is -1.08. The first-order chi connectivity index (χ1) is 19.1. The molecule has 1 aliphatic rings. The van der Waals surface area contributed by atoms with Crippen LogP contribution in [-0.4, -0.2) is 41.5 Å². The van der Waals surface area contributed by atoms with Crippen molar-refractivity contribution in [2.24, 2.45) is 0 Å². The Bertz CT molecular complexity index is 1510. The Balaban J connectivity index is 1.80. The number of amides is 1. The number of benzene rings is 3. The van der Waals surface area contributed by atoms with E-state index in [0.29, 0.717) is 10.6 Å². The molecule has 0 spiro atoms. The van der Waals surface area contributed by atoms with Gasteiger partial charge >= 0.3 is 5.97 Å². The predicted molar refractivity (Wildman–Crippen MR) is 153 cm³/mol. The largest absolute Gasteiger partial charge is 0.487 e. The van der Waals surface area contributed by atoms with Gasteiger partial charge in [0.1, 0.15) is 17.6 Å². The lowest BCUT2D eigenvalue weighted by Crippen LogP contribution is -2.30. The molecule has 4 rings (SSSR count). The summed E-state index contributed by atoms with van der Waals surface area (Å²) in [4.78, 5) is 51.0. The molecular weight excluding hydrogens is 603 g/mol. The molecule has 0 N–H and O–H groups in total. The van der Waals surface area contributed by atoms with Gasteiger partial charge in [0.05, 0.1) is 28.7 Å². The molecule has 1 saturated heterocycles. The Morgan fingerprint density at radius 3 is 2.35 bits per heavy atom. The van der Waals surface area contributed by atoms with E-state index < -0.39 is 33.9 Å². The second kappa shape index (κ2) is 12.7. The van der Waals surface area contributed by atoms with Crippen LogP contribution in [0.25, 0.3) is 0 Å². The lowest BCUT2D eigenvalue weighted by molar-refractivity contribution is -0.387. The zero-order valence-electron chi connectivity index (χ0n) is 20.6. The molecule has 1 amide bonds. The molecule has 3 aromatic carbocycles. The maximum Gasteiger partial charge on any atom is 0.330 e. The second-order valence-corrected chi connectivity index (χ2v) is 10.8. The van der Waals surface area contributed by atoms with Crippen LogP contribution in [0.15, 0.2) is 77.7 Å². The summed E-state index contributed by atoms with van der Waals surface area (Å²) in [5.74, 6) is -1.99. The second-order valence-electron chi connectivity index (χ2n) is 8.29. The van der Waals surface area contributed by atoms with E-state index in [1.54, 1.807) is 30.3 Å². The zero-order valence-corrected chi connectivity index (χ0v) is 23.7.